The van der Waals surface area contributed by atoms with E-state index in [0.29, 0.717) is 24.0 Å². The molecule has 0 aromatic heterocycles. The van der Waals surface area contributed by atoms with Crippen molar-refractivity contribution in [3.05, 3.63) is 29.8 Å². The summed E-state index contributed by atoms with van der Waals surface area (Å²) in [7, 11) is 0. The fraction of sp³-hybridized carbons (Fsp3) is 0.500. The van der Waals surface area contributed by atoms with Crippen LogP contribution in [0.5, 0.6) is 0 Å². The normalized spacial score (nSPS) is 32.1. The monoisotopic (exact) mass is 374 g/mol. The van der Waals surface area contributed by atoms with Crippen LogP contribution in [0.4, 0.5) is 5.69 Å². The smallest absolute Gasteiger partial charge is 0.266 e. The van der Waals surface area contributed by atoms with Crippen molar-refractivity contribution in [3.63, 3.8) is 0 Å². The Hall–Kier alpha value is -1.90. The van der Waals surface area contributed by atoms with Crippen LogP contribution < -0.4 is 10.6 Å². The number of amides is 2. The second-order valence-electron chi connectivity index (χ2n) is 7.10. The van der Waals surface area contributed by atoms with Gasteiger partial charge < -0.3 is 10.8 Å². The lowest BCUT2D eigenvalue weighted by Gasteiger charge is -2.36. The number of carbonyl (C=O) groups is 2. The first kappa shape index (κ1) is 17.5. The quantitative estimate of drug-likeness (QED) is 0.819. The van der Waals surface area contributed by atoms with Gasteiger partial charge in [0.25, 0.3) is 11.8 Å². The van der Waals surface area contributed by atoms with Gasteiger partial charge in [-0.15, -0.1) is 0 Å². The molecule has 2 amide bonds. The van der Waals surface area contributed by atoms with Crippen molar-refractivity contribution in [1.29, 1.82) is 0 Å². The summed E-state index contributed by atoms with van der Waals surface area (Å²) in [5.41, 5.74) is 4.81. The van der Waals surface area contributed by atoms with Crippen LogP contribution in [0.25, 0.3) is 0 Å². The fourth-order valence-corrected chi connectivity index (χ4v) is 4.97. The number of nitrogens with zero attached hydrogens (tertiary/aromatic N) is 3. The minimum absolute atomic E-state index is 0.0850. The van der Waals surface area contributed by atoms with Crippen LogP contribution in [0.1, 0.15) is 31.7 Å². The minimum Gasteiger partial charge on any atom is -0.378 e. The largest absolute Gasteiger partial charge is 0.378 e. The lowest BCUT2D eigenvalue weighted by molar-refractivity contribution is -0.140. The number of aliphatic hydroxyl groups is 1. The highest BCUT2D eigenvalue weighted by molar-refractivity contribution is 8.15. The first-order valence-corrected chi connectivity index (χ1v) is 9.73. The lowest BCUT2D eigenvalue weighted by Crippen LogP contribution is -2.53. The zero-order chi connectivity index (χ0) is 18.5. The van der Waals surface area contributed by atoms with E-state index >= 15 is 0 Å². The molecule has 1 aromatic rings. The number of benzene rings is 1. The summed E-state index contributed by atoms with van der Waals surface area (Å²) in [6, 6.07) is 7.49. The van der Waals surface area contributed by atoms with E-state index in [1.165, 1.54) is 6.42 Å². The van der Waals surface area contributed by atoms with Crippen molar-refractivity contribution >= 4 is 34.4 Å². The molecule has 3 unspecified atom stereocenters. The predicted molar refractivity (Wildman–Crippen MR) is 101 cm³/mol. The summed E-state index contributed by atoms with van der Waals surface area (Å²) in [6.45, 7) is 3.47. The Morgan fingerprint density at radius 1 is 1.35 bits per heavy atom. The summed E-state index contributed by atoms with van der Waals surface area (Å²) in [6.07, 6.45) is 3.38. The number of amidine groups is 1. The molecule has 138 valence electrons. The first-order valence-electron chi connectivity index (χ1n) is 8.85. The van der Waals surface area contributed by atoms with Crippen LogP contribution in [0.2, 0.25) is 0 Å². The van der Waals surface area contributed by atoms with E-state index in [9.17, 15) is 14.7 Å². The number of aliphatic imine (C=N–C) groups is 1. The number of anilines is 1. The van der Waals surface area contributed by atoms with E-state index in [4.69, 9.17) is 5.73 Å². The molecule has 0 saturated carbocycles. The van der Waals surface area contributed by atoms with Crippen LogP contribution >= 0.6 is 11.8 Å². The van der Waals surface area contributed by atoms with Crippen molar-refractivity contribution in [2.45, 2.75) is 43.1 Å². The van der Waals surface area contributed by atoms with Crippen molar-refractivity contribution in [2.24, 2.45) is 10.7 Å². The molecule has 7 nitrogen and oxygen atoms in total. The third-order valence-electron chi connectivity index (χ3n) is 5.50. The summed E-state index contributed by atoms with van der Waals surface area (Å²) < 4.78 is 0. The summed E-state index contributed by atoms with van der Waals surface area (Å²) in [4.78, 5) is 33.1. The molecular weight excluding hydrogens is 352 g/mol. The number of rotatable bonds is 3. The Balaban J connectivity index is 1.70. The topological polar surface area (TPSA) is 99.2 Å². The van der Waals surface area contributed by atoms with E-state index in [0.717, 1.165) is 31.1 Å². The average molecular weight is 374 g/mol. The maximum absolute atomic E-state index is 13.3. The van der Waals surface area contributed by atoms with Gasteiger partial charge in [0.2, 0.25) is 0 Å². The van der Waals surface area contributed by atoms with Crippen LogP contribution in [0.3, 0.4) is 0 Å². The van der Waals surface area contributed by atoms with Crippen molar-refractivity contribution in [1.82, 2.24) is 4.90 Å². The molecule has 0 bridgehead atoms. The zero-order valence-corrected chi connectivity index (χ0v) is 15.4. The number of fused-ring (bicyclic) bond motifs is 1. The number of para-hydroxylation sites is 1. The van der Waals surface area contributed by atoms with E-state index in [1.807, 2.05) is 12.1 Å². The second kappa shape index (κ2) is 6.37. The highest BCUT2D eigenvalue weighted by atomic mass is 32.2. The van der Waals surface area contributed by atoms with Gasteiger partial charge in [0.1, 0.15) is 5.25 Å². The van der Waals surface area contributed by atoms with E-state index in [1.54, 1.807) is 17.0 Å². The van der Waals surface area contributed by atoms with Gasteiger partial charge in [0, 0.05) is 18.2 Å². The third-order valence-corrected chi connectivity index (χ3v) is 6.61. The molecule has 3 N–H and O–H groups in total. The molecule has 4 rings (SSSR count). The Kier molecular flexibility index (Phi) is 4.29. The number of nitrogens with two attached hydrogens (primary N) is 1. The third kappa shape index (κ3) is 2.55. The molecule has 3 aliphatic heterocycles. The van der Waals surface area contributed by atoms with Crippen molar-refractivity contribution < 1.29 is 14.7 Å². The SMILES string of the molecule is CC1CCCCN1CN1C(=O)C(O)(C2SC(N)=NC2=O)c2ccccc21. The number of thioether (sulfide) groups is 1. The highest BCUT2D eigenvalue weighted by Crippen LogP contribution is 2.47. The molecule has 1 fully saturated rings. The Morgan fingerprint density at radius 2 is 2.12 bits per heavy atom. The molecule has 26 heavy (non-hydrogen) atoms. The fourth-order valence-electron chi connectivity index (χ4n) is 4.03. The van der Waals surface area contributed by atoms with Gasteiger partial charge in [-0.25, -0.2) is 0 Å². The van der Waals surface area contributed by atoms with Gasteiger partial charge in [0.15, 0.2) is 10.8 Å². The van der Waals surface area contributed by atoms with Gasteiger partial charge in [-0.1, -0.05) is 36.4 Å². The van der Waals surface area contributed by atoms with E-state index in [-0.39, 0.29) is 5.17 Å². The Morgan fingerprint density at radius 3 is 2.81 bits per heavy atom. The summed E-state index contributed by atoms with van der Waals surface area (Å²) >= 11 is 0.953. The maximum atomic E-state index is 13.3. The molecule has 3 atom stereocenters. The summed E-state index contributed by atoms with van der Waals surface area (Å²) in [5.74, 6) is -1.04. The van der Waals surface area contributed by atoms with Crippen LogP contribution in [0.15, 0.2) is 29.3 Å². The molecular formula is C18H22N4O3S. The van der Waals surface area contributed by atoms with Crippen LogP contribution in [0, 0.1) is 0 Å². The molecule has 0 aliphatic carbocycles. The number of likely N-dealkylation sites (tertiary alicyclic amines) is 1. The molecule has 3 heterocycles. The van der Waals surface area contributed by atoms with Crippen LogP contribution in [-0.2, 0) is 15.2 Å². The van der Waals surface area contributed by atoms with Gasteiger partial charge in [-0.3, -0.25) is 19.4 Å². The number of carbonyl (C=O) groups excluding carboxylic acids is 2. The number of piperidine rings is 1. The van der Waals surface area contributed by atoms with E-state index in [2.05, 4.69) is 16.8 Å². The standard InChI is InChI=1S/C18H22N4O3S/c1-11-6-4-5-9-21(11)10-22-13-8-3-2-7-12(13)18(25,16(22)24)14-15(23)20-17(19)26-14/h2-3,7-8,11,14,25H,4-6,9-10H2,1H3,(H2,19,20,23). The Labute approximate surface area is 156 Å². The Bertz CT molecular complexity index is 798. The summed E-state index contributed by atoms with van der Waals surface area (Å²) in [5, 5.41) is 10.4. The van der Waals surface area contributed by atoms with Gasteiger partial charge >= 0.3 is 0 Å². The highest BCUT2D eigenvalue weighted by Gasteiger charge is 2.59. The van der Waals surface area contributed by atoms with Gasteiger partial charge in [0.05, 0.1) is 12.4 Å². The van der Waals surface area contributed by atoms with E-state index < -0.39 is 22.7 Å². The van der Waals surface area contributed by atoms with Gasteiger partial charge in [-0.2, -0.15) is 4.99 Å². The molecule has 1 aromatic carbocycles. The predicted octanol–water partition coefficient (Wildman–Crippen LogP) is 1.01. The van der Waals surface area contributed by atoms with Crippen molar-refractivity contribution in [3.8, 4) is 0 Å². The molecule has 1 saturated heterocycles. The van der Waals surface area contributed by atoms with Crippen LogP contribution in [-0.4, -0.2) is 51.5 Å². The molecule has 0 radical (unpaired) electrons. The lowest BCUT2D eigenvalue weighted by atomic mass is 9.91. The first-order chi connectivity index (χ1) is 12.4. The molecule has 3 aliphatic rings. The van der Waals surface area contributed by atoms with Crippen molar-refractivity contribution in [2.75, 3.05) is 18.1 Å². The molecule has 0 spiro atoms. The number of hydrogen-bond acceptors (Lipinski definition) is 6. The maximum Gasteiger partial charge on any atom is 0.266 e. The zero-order valence-electron chi connectivity index (χ0n) is 14.6. The number of hydrogen-bond donors (Lipinski definition) is 2. The van der Waals surface area contributed by atoms with Gasteiger partial charge in [-0.05, 0) is 25.8 Å². The minimum atomic E-state index is -1.94. The second-order valence-corrected chi connectivity index (χ2v) is 8.23. The average Bonchev–Trinajstić information content (AvgIpc) is 3.07. The molecule has 8 heteroatoms.